The Hall–Kier alpha value is -4.08. The van der Waals surface area contributed by atoms with E-state index < -0.39 is 41.6 Å². The molecule has 0 aliphatic carbocycles. The molecule has 0 spiro atoms. The topological polar surface area (TPSA) is 134 Å². The number of rotatable bonds is 11. The summed E-state index contributed by atoms with van der Waals surface area (Å²) < 4.78 is 10.3. The van der Waals surface area contributed by atoms with Gasteiger partial charge in [-0.15, -0.1) is 0 Å². The number of nitrogens with zero attached hydrogens (tertiary/aromatic N) is 1. The standard InChI is InChI=1S/C28H37N3O7/c1-6-37-23(33)15-16-29-25(34)24(20-13-10-14-21(32)18-20)31(5)26(35)22(17-19-11-8-7-9-12-19)30-27(36)38-28(2,3)4/h7-14,18,22,24,32H,6,15-17H2,1-5H3,(H,29,34)(H,30,36). The first-order chi connectivity index (χ1) is 17.9. The van der Waals surface area contributed by atoms with E-state index in [1.165, 1.54) is 24.1 Å². The third-order valence-corrected chi connectivity index (χ3v) is 5.37. The summed E-state index contributed by atoms with van der Waals surface area (Å²) in [4.78, 5) is 52.5. The van der Waals surface area contributed by atoms with Gasteiger partial charge in [0.05, 0.1) is 13.0 Å². The highest BCUT2D eigenvalue weighted by molar-refractivity contribution is 5.92. The molecule has 2 rings (SSSR count). The fourth-order valence-corrected chi connectivity index (χ4v) is 3.74. The number of hydrogen-bond donors (Lipinski definition) is 3. The first kappa shape index (κ1) is 30.1. The third-order valence-electron chi connectivity index (χ3n) is 5.37. The van der Waals surface area contributed by atoms with Crippen molar-refractivity contribution in [3.05, 3.63) is 65.7 Å². The van der Waals surface area contributed by atoms with Crippen molar-refractivity contribution in [2.75, 3.05) is 20.2 Å². The summed E-state index contributed by atoms with van der Waals surface area (Å²) in [6, 6.07) is 12.9. The van der Waals surface area contributed by atoms with E-state index >= 15 is 0 Å². The lowest BCUT2D eigenvalue weighted by Crippen LogP contribution is -2.52. The van der Waals surface area contributed by atoms with Crippen LogP contribution in [0.15, 0.2) is 54.6 Å². The van der Waals surface area contributed by atoms with E-state index in [-0.39, 0.29) is 31.7 Å². The first-order valence-electron chi connectivity index (χ1n) is 12.4. The Balaban J connectivity index is 2.33. The number of nitrogens with one attached hydrogen (secondary N) is 2. The van der Waals surface area contributed by atoms with Crippen LogP contribution in [-0.2, 0) is 30.3 Å². The van der Waals surface area contributed by atoms with Crippen LogP contribution in [0.5, 0.6) is 5.75 Å². The number of alkyl carbamates (subject to hydrolysis) is 1. The molecule has 0 saturated carbocycles. The summed E-state index contributed by atoms with van der Waals surface area (Å²) in [7, 11) is 1.44. The summed E-state index contributed by atoms with van der Waals surface area (Å²) in [6.45, 7) is 7.05. The molecule has 0 aliphatic heterocycles. The maximum atomic E-state index is 13.8. The Morgan fingerprint density at radius 1 is 1.03 bits per heavy atom. The van der Waals surface area contributed by atoms with E-state index in [2.05, 4.69) is 10.6 Å². The van der Waals surface area contributed by atoms with Crippen molar-refractivity contribution >= 4 is 23.9 Å². The first-order valence-corrected chi connectivity index (χ1v) is 12.4. The second kappa shape index (κ2) is 14.0. The maximum absolute atomic E-state index is 13.8. The largest absolute Gasteiger partial charge is 0.508 e. The van der Waals surface area contributed by atoms with Crippen LogP contribution in [0.1, 0.15) is 51.3 Å². The molecule has 2 unspecified atom stereocenters. The number of ether oxygens (including phenoxy) is 2. The number of carbonyl (C=O) groups is 4. The number of amides is 3. The van der Waals surface area contributed by atoms with Crippen molar-refractivity contribution in [2.24, 2.45) is 0 Å². The number of hydrogen-bond acceptors (Lipinski definition) is 7. The van der Waals surface area contributed by atoms with Crippen LogP contribution in [0.4, 0.5) is 4.79 Å². The van der Waals surface area contributed by atoms with Crippen LogP contribution in [-0.4, -0.2) is 65.7 Å². The van der Waals surface area contributed by atoms with Gasteiger partial charge in [-0.2, -0.15) is 0 Å². The molecule has 0 radical (unpaired) electrons. The quantitative estimate of drug-likeness (QED) is 0.382. The van der Waals surface area contributed by atoms with Crippen molar-refractivity contribution in [1.29, 1.82) is 0 Å². The number of phenols is 1. The monoisotopic (exact) mass is 527 g/mol. The predicted molar refractivity (Wildman–Crippen MR) is 141 cm³/mol. The minimum Gasteiger partial charge on any atom is -0.508 e. The molecule has 0 fully saturated rings. The fourth-order valence-electron chi connectivity index (χ4n) is 3.74. The van der Waals surface area contributed by atoms with E-state index in [9.17, 15) is 24.3 Å². The van der Waals surface area contributed by atoms with Gasteiger partial charge in [0, 0.05) is 20.0 Å². The third kappa shape index (κ3) is 9.76. The van der Waals surface area contributed by atoms with Gasteiger partial charge in [-0.1, -0.05) is 42.5 Å². The zero-order valence-electron chi connectivity index (χ0n) is 22.5. The molecule has 3 amide bonds. The van der Waals surface area contributed by atoms with Crippen molar-refractivity contribution in [1.82, 2.24) is 15.5 Å². The van der Waals surface area contributed by atoms with Gasteiger partial charge in [0.25, 0.3) is 0 Å². The van der Waals surface area contributed by atoms with Crippen molar-refractivity contribution in [3.63, 3.8) is 0 Å². The molecule has 0 saturated heterocycles. The van der Waals surface area contributed by atoms with E-state index in [0.29, 0.717) is 5.56 Å². The normalized spacial score (nSPS) is 12.6. The summed E-state index contributed by atoms with van der Waals surface area (Å²) in [6.07, 6.45) is -0.658. The van der Waals surface area contributed by atoms with Gasteiger partial charge in [0.1, 0.15) is 23.4 Å². The Morgan fingerprint density at radius 3 is 2.32 bits per heavy atom. The number of phenolic OH excluding ortho intramolecular Hbond substituents is 1. The molecule has 2 aromatic carbocycles. The zero-order chi connectivity index (χ0) is 28.3. The summed E-state index contributed by atoms with van der Waals surface area (Å²) in [5, 5.41) is 15.3. The zero-order valence-corrected chi connectivity index (χ0v) is 22.5. The van der Waals surface area contributed by atoms with E-state index in [1.54, 1.807) is 39.8 Å². The molecule has 38 heavy (non-hydrogen) atoms. The van der Waals surface area contributed by atoms with E-state index in [4.69, 9.17) is 9.47 Å². The minimum atomic E-state index is -1.16. The molecule has 2 atom stereocenters. The molecule has 10 nitrogen and oxygen atoms in total. The lowest BCUT2D eigenvalue weighted by Gasteiger charge is -2.31. The SMILES string of the molecule is CCOC(=O)CCNC(=O)C(c1cccc(O)c1)N(C)C(=O)C(Cc1ccccc1)NC(=O)OC(C)(C)C. The Labute approximate surface area is 223 Å². The van der Waals surface area contributed by atoms with Crippen molar-refractivity contribution in [3.8, 4) is 5.75 Å². The lowest BCUT2D eigenvalue weighted by atomic mass is 10.0. The Bertz CT molecular complexity index is 1100. The molecular formula is C28H37N3O7. The number of aromatic hydroxyl groups is 1. The smallest absolute Gasteiger partial charge is 0.408 e. The molecule has 206 valence electrons. The number of carbonyl (C=O) groups excluding carboxylic acids is 4. The molecule has 0 bridgehead atoms. The molecule has 10 heteroatoms. The van der Waals surface area contributed by atoms with Gasteiger partial charge in [0.2, 0.25) is 11.8 Å². The Kier molecular flexibility index (Phi) is 11.1. The lowest BCUT2D eigenvalue weighted by molar-refractivity contribution is -0.143. The maximum Gasteiger partial charge on any atom is 0.408 e. The van der Waals surface area contributed by atoms with Gasteiger partial charge in [0.15, 0.2) is 0 Å². The number of esters is 1. The average molecular weight is 528 g/mol. The molecule has 3 N–H and O–H groups in total. The minimum absolute atomic E-state index is 0.00137. The highest BCUT2D eigenvalue weighted by Gasteiger charge is 2.34. The van der Waals surface area contributed by atoms with Crippen LogP contribution in [0, 0.1) is 0 Å². The van der Waals surface area contributed by atoms with Crippen LogP contribution >= 0.6 is 0 Å². The Morgan fingerprint density at radius 2 is 1.71 bits per heavy atom. The van der Waals surface area contributed by atoms with Crippen LogP contribution in [0.2, 0.25) is 0 Å². The van der Waals surface area contributed by atoms with Crippen LogP contribution in [0.25, 0.3) is 0 Å². The van der Waals surface area contributed by atoms with Crippen LogP contribution < -0.4 is 10.6 Å². The second-order valence-electron chi connectivity index (χ2n) is 9.68. The van der Waals surface area contributed by atoms with Crippen molar-refractivity contribution in [2.45, 2.75) is 58.2 Å². The molecule has 0 aromatic heterocycles. The molecular weight excluding hydrogens is 490 g/mol. The summed E-state index contributed by atoms with van der Waals surface area (Å²) in [5.74, 6) is -1.66. The molecule has 0 aliphatic rings. The predicted octanol–water partition coefficient (Wildman–Crippen LogP) is 3.10. The molecule has 0 heterocycles. The molecule has 2 aromatic rings. The van der Waals surface area contributed by atoms with Gasteiger partial charge in [-0.3, -0.25) is 14.4 Å². The summed E-state index contributed by atoms with van der Waals surface area (Å²) >= 11 is 0. The van der Waals surface area contributed by atoms with Gasteiger partial charge < -0.3 is 30.1 Å². The summed E-state index contributed by atoms with van der Waals surface area (Å²) in [5.41, 5.74) is 0.368. The highest BCUT2D eigenvalue weighted by Crippen LogP contribution is 2.24. The second-order valence-corrected chi connectivity index (χ2v) is 9.68. The van der Waals surface area contributed by atoms with E-state index in [0.717, 1.165) is 5.56 Å². The highest BCUT2D eigenvalue weighted by atomic mass is 16.6. The van der Waals surface area contributed by atoms with Gasteiger partial charge >= 0.3 is 12.1 Å². The van der Waals surface area contributed by atoms with Crippen LogP contribution in [0.3, 0.4) is 0 Å². The fraction of sp³-hybridized carbons (Fsp3) is 0.429. The average Bonchev–Trinajstić information content (AvgIpc) is 2.83. The number of likely N-dealkylation sites (N-methyl/N-ethyl adjacent to an activating group) is 1. The van der Waals surface area contributed by atoms with Gasteiger partial charge in [-0.05, 0) is 51.0 Å². The number of benzene rings is 2. The van der Waals surface area contributed by atoms with E-state index in [1.807, 2.05) is 30.3 Å². The van der Waals surface area contributed by atoms with Crippen molar-refractivity contribution < 1.29 is 33.8 Å². The van der Waals surface area contributed by atoms with Gasteiger partial charge in [-0.25, -0.2) is 4.79 Å².